The Hall–Kier alpha value is -3.48. The van der Waals surface area contributed by atoms with Crippen molar-refractivity contribution >= 4 is 94.5 Å². The van der Waals surface area contributed by atoms with Crippen LogP contribution in [0.3, 0.4) is 0 Å². The molecule has 0 aromatic carbocycles. The van der Waals surface area contributed by atoms with Crippen molar-refractivity contribution in [2.24, 2.45) is 40.4 Å². The van der Waals surface area contributed by atoms with Gasteiger partial charge in [0.2, 0.25) is 17.7 Å². The van der Waals surface area contributed by atoms with Crippen LogP contribution in [0.5, 0.6) is 0 Å². The van der Waals surface area contributed by atoms with E-state index in [9.17, 15) is 67.3 Å². The van der Waals surface area contributed by atoms with Gasteiger partial charge in [-0.25, -0.2) is 14.4 Å². The summed E-state index contributed by atoms with van der Waals surface area (Å²) in [6, 6.07) is -0.845. The first kappa shape index (κ1) is 107. The molecule has 7 aliphatic heterocycles. The number of carbonyl (C=O) groups is 6. The Morgan fingerprint density at radius 1 is 0.606 bits per heavy atom. The van der Waals surface area contributed by atoms with Gasteiger partial charge in [0.1, 0.15) is 18.1 Å². The Kier molecular flexibility index (Phi) is 62.0. The van der Waals surface area contributed by atoms with Crippen LogP contribution in [-0.2, 0) is 94.8 Å². The van der Waals surface area contributed by atoms with E-state index in [1.807, 2.05) is 28.2 Å². The number of amides is 3. The van der Waals surface area contributed by atoms with E-state index in [-0.39, 0.29) is 114 Å². The van der Waals surface area contributed by atoms with Gasteiger partial charge in [-0.15, -0.1) is 0 Å². The fraction of sp³-hybridized carbons (Fsp3) is 0.875. The van der Waals surface area contributed by atoms with Gasteiger partial charge in [0.05, 0.1) is 39.3 Å². The number of esters is 3. The molecule has 1 radical (unpaired) electrons. The molecule has 12 atom stereocenters. The fourth-order valence-electron chi connectivity index (χ4n) is 13.0. The van der Waals surface area contributed by atoms with E-state index in [1.165, 1.54) is 36.1 Å². The number of aliphatic hydroxyl groups is 1. The molecule has 11 N–H and O–H groups in total. The molecule has 104 heavy (non-hydrogen) atoms. The van der Waals surface area contributed by atoms with Crippen molar-refractivity contribution in [3.63, 3.8) is 0 Å². The first-order valence-electron chi connectivity index (χ1n) is 37.0. The first-order valence-corrected chi connectivity index (χ1v) is 38.8. The maximum absolute atomic E-state index is 11.9. The average molecular weight is 1580 g/mol. The molecular formula is C64H131B6N11O21SY-2. The summed E-state index contributed by atoms with van der Waals surface area (Å²) in [5.74, 6) is 0.752. The summed E-state index contributed by atoms with van der Waals surface area (Å²) in [6.07, 6.45) is 13.7. The number of hydrogen-bond donors (Lipinski definition) is 10. The largest absolute Gasteiger partial charge is 0.665 e. The quantitative estimate of drug-likeness (QED) is 0.00963. The third kappa shape index (κ3) is 40.8. The summed E-state index contributed by atoms with van der Waals surface area (Å²) in [4.78, 5) is 89.2. The molecule has 7 saturated heterocycles. The molecule has 0 bridgehead atoms. The molecule has 0 aromatic heterocycles. The van der Waals surface area contributed by atoms with E-state index in [2.05, 4.69) is 68.6 Å². The molecule has 7 aliphatic rings. The smallest absolute Gasteiger partial charge is 0.412 e. The summed E-state index contributed by atoms with van der Waals surface area (Å²) >= 11 is 0. The molecule has 597 valence electrons. The van der Waals surface area contributed by atoms with Crippen LogP contribution < -0.4 is 11.1 Å². The van der Waals surface area contributed by atoms with E-state index < -0.39 is 75.4 Å². The van der Waals surface area contributed by atoms with Crippen molar-refractivity contribution in [2.75, 3.05) is 78.6 Å². The van der Waals surface area contributed by atoms with Crippen molar-refractivity contribution in [2.45, 2.75) is 256 Å². The molecule has 0 saturated carbocycles. The molecule has 7 heterocycles. The van der Waals surface area contributed by atoms with Crippen LogP contribution in [-0.4, -0.2) is 283 Å². The van der Waals surface area contributed by atoms with E-state index in [0.717, 1.165) is 83.3 Å². The Balaban J connectivity index is -0.000000552. The van der Waals surface area contributed by atoms with Gasteiger partial charge in [0, 0.05) is 93.6 Å². The molecule has 0 unspecified atom stereocenters. The van der Waals surface area contributed by atoms with E-state index >= 15 is 0 Å². The number of aliphatic hydroxyl groups excluding tert-OH is 2. The van der Waals surface area contributed by atoms with E-state index in [1.54, 1.807) is 48.2 Å². The van der Waals surface area contributed by atoms with Crippen LogP contribution in [0, 0.1) is 36.5 Å². The number of ether oxygens (including phenoxy) is 3. The van der Waals surface area contributed by atoms with E-state index in [4.69, 9.17) is 44.7 Å². The summed E-state index contributed by atoms with van der Waals surface area (Å²) < 4.78 is 41.1. The minimum Gasteiger partial charge on any atom is -0.665 e. The second-order valence-electron chi connectivity index (χ2n) is 26.2. The predicted molar refractivity (Wildman–Crippen MR) is 405 cm³/mol. The van der Waals surface area contributed by atoms with Crippen molar-refractivity contribution in [3.05, 3.63) is 17.4 Å². The van der Waals surface area contributed by atoms with Gasteiger partial charge in [-0.1, -0.05) is 92.2 Å². The average Bonchev–Trinajstić information content (AvgIpc) is 1.66. The molecular weight excluding hydrogens is 1440 g/mol. The summed E-state index contributed by atoms with van der Waals surface area (Å²) in [7, 11) is -7.02. The Morgan fingerprint density at radius 3 is 1.31 bits per heavy atom. The van der Waals surface area contributed by atoms with Crippen LogP contribution in [0.15, 0.2) is 5.11 Å². The topological polar surface area (TPSA) is 459 Å². The zero-order valence-electron chi connectivity index (χ0n) is 66.0. The van der Waals surface area contributed by atoms with Gasteiger partial charge in [-0.05, 0) is 168 Å². The second kappa shape index (κ2) is 60.3. The third-order valence-electron chi connectivity index (χ3n) is 18.4. The summed E-state index contributed by atoms with van der Waals surface area (Å²) in [5.41, 5.74) is 13.9. The van der Waals surface area contributed by atoms with Crippen molar-refractivity contribution < 1.29 is 133 Å². The molecule has 0 spiro atoms. The minimum atomic E-state index is -3.39. The Bertz CT molecular complexity index is 2490. The normalized spacial score (nSPS) is 24.5. The second-order valence-corrected chi connectivity index (χ2v) is 27.9. The maximum Gasteiger partial charge on any atom is 0.412 e. The number of rotatable bonds is 24. The molecule has 40 heteroatoms. The Labute approximate surface area is 650 Å². The summed E-state index contributed by atoms with van der Waals surface area (Å²) in [6.45, 7) is 41.5. The first-order chi connectivity index (χ1) is 48.5. The van der Waals surface area contributed by atoms with Crippen LogP contribution in [0.4, 0.5) is 0 Å². The fourth-order valence-corrected chi connectivity index (χ4v) is 13.4. The molecule has 7 rings (SSSR count). The van der Waals surface area contributed by atoms with Gasteiger partial charge in [0.15, 0.2) is 0 Å². The van der Waals surface area contributed by atoms with Gasteiger partial charge >= 0.3 is 60.2 Å². The van der Waals surface area contributed by atoms with Crippen molar-refractivity contribution in [1.82, 2.24) is 34.2 Å². The third-order valence-corrected chi connectivity index (χ3v) is 19.0. The Morgan fingerprint density at radius 2 is 0.981 bits per heavy atom. The number of nitrogens with zero attached hydrogens (tertiary/aromatic N) is 9. The molecule has 32 nitrogen and oxygen atoms in total. The van der Waals surface area contributed by atoms with Crippen molar-refractivity contribution in [1.29, 1.82) is 0 Å². The van der Waals surface area contributed by atoms with Gasteiger partial charge in [0.25, 0.3) is 10.1 Å². The van der Waals surface area contributed by atoms with Crippen LogP contribution in [0.25, 0.3) is 10.4 Å². The van der Waals surface area contributed by atoms with Gasteiger partial charge in [-0.3, -0.25) is 18.6 Å². The number of nitrogens with two attached hydrogens (primary N) is 1. The number of hydrogen-bond acceptors (Lipinski definition) is 26. The van der Waals surface area contributed by atoms with Gasteiger partial charge < -0.3 is 106 Å². The monoisotopic (exact) mass is 1580 g/mol. The minimum absolute atomic E-state index is 0. The van der Waals surface area contributed by atoms with E-state index in [0.29, 0.717) is 88.5 Å². The molecule has 0 aliphatic carbocycles. The zero-order chi connectivity index (χ0) is 79.9. The molecule has 0 aromatic rings. The zero-order valence-corrected chi connectivity index (χ0v) is 69.6. The predicted octanol–water partition coefficient (Wildman–Crippen LogP) is 3.66. The summed E-state index contributed by atoms with van der Waals surface area (Å²) in [5, 5.41) is 78.7. The standard InChI is InChI=1S/C10H18BNO4.C9H20BNO4S.C8H17BN4O.C8H19BN2O.C8H14BNO4.C8H18BNO2.C7H11NO3.C3H8.C2H5.CHO2.Y/c1-4-7-6-8(10(14)16-5-2)12(9(7)13)11(3)15;1-4-8-5-9(7-15-16(3,13)14)11(6-8)10(2)12;1-3-7-4-8(5-11-12-10)13(6-7)9(2)14;1-3-7-4-8(5-10)11(6-7)9(2)12;1-3-14-8(12)6-4-5-7(11)10(6)9(2)13;1-3-7-4-8(6-11)10(5-7)9(2)12;1-2-11-7(10)5-3-4-6(9)8-5;1-3-2;1-2;2-1-3;/h7-8,15H,4-6H2,1-3H3;8-9,12H,4-7H2,1-3H3;7-8,14H,3-6H2,1-2H3;7-8,12H,3-6,10H2,1-2H3;6,13H,3-5H2,1-2H3;7-8,11-12H,3-6H2,1-2H3;5H,2-4H2,1H3,(H,8,9);3H2,1-2H3;1H2,2H3;(H,2,3);/q;;;;;;;;2*-1;/t7-,8+;8-,9+;2*7-,8+;6-;7-,8+;5-;;;;/m1111010..../s1. The number of azide groups is 1. The van der Waals surface area contributed by atoms with Gasteiger partial charge in [-0.2, -0.15) is 15.3 Å². The molecule has 7 fully saturated rings. The number of carbonyl (C=O) groups excluding carboxylic acids is 6. The SMILES string of the molecule is CCC.CCOC(=O)[C@@H]1CCC(=O)N1.CCOC(=O)[C@@H]1CCC(=O)N1B(C)O.CCOC(=O)[C@@H]1C[C@@H](CC)C(=O)N1B(C)O.CC[C@@H]1C[C@@H](CN)N(B(C)O)C1.CC[C@@H]1C[C@@H](CN=[N+]=[N-])N(B(C)O)C1.CC[C@@H]1C[C@@H](CO)N(B(C)O)C1.CC[C@@H]1C[C@@H](COS(C)(=O)=O)N(B(C)O)C1.O=[C-]O.[CH2-]C.[Y]. The molecule has 3 amide bonds. The number of nitrogens with one attached hydrogen (secondary N) is 1. The van der Waals surface area contributed by atoms with Crippen LogP contribution in [0.1, 0.15) is 172 Å². The van der Waals surface area contributed by atoms with Crippen LogP contribution in [0.2, 0.25) is 40.9 Å². The van der Waals surface area contributed by atoms with Crippen molar-refractivity contribution in [3.8, 4) is 0 Å². The maximum atomic E-state index is 11.9. The van der Waals surface area contributed by atoms with Crippen LogP contribution >= 0.6 is 0 Å².